The number of amides is 1. The van der Waals surface area contributed by atoms with Gasteiger partial charge in [0.25, 0.3) is 0 Å². The van der Waals surface area contributed by atoms with Gasteiger partial charge in [0.15, 0.2) is 0 Å². The van der Waals surface area contributed by atoms with E-state index in [0.717, 1.165) is 16.8 Å². The Morgan fingerprint density at radius 1 is 1.22 bits per heavy atom. The maximum atomic E-state index is 12.4. The summed E-state index contributed by atoms with van der Waals surface area (Å²) in [5.41, 5.74) is 3.85. The molecule has 164 valence electrons. The Hall–Kier alpha value is -3.50. The van der Waals surface area contributed by atoms with Crippen molar-refractivity contribution in [3.63, 3.8) is 0 Å². The maximum absolute atomic E-state index is 12.4. The fraction of sp³-hybridized carbons (Fsp3) is 0.143. The SMILES string of the molecule is COc1ccc(C)cc1NC(=O)CSc1nnc(-c2cc(-c3ccc(Cl)cc3)n[nH]2)n1N. The molecule has 4 N–H and O–H groups in total. The number of thioether (sulfide) groups is 1. The van der Waals surface area contributed by atoms with Crippen molar-refractivity contribution in [2.75, 3.05) is 24.0 Å². The van der Waals surface area contributed by atoms with Gasteiger partial charge in [-0.1, -0.05) is 41.6 Å². The standard InChI is InChI=1S/C21H20ClN7O2S/c1-12-3-8-18(31-2)16(9-12)24-19(30)11-32-21-28-27-20(29(21)23)17-10-15(25-26-17)13-4-6-14(22)7-5-13/h3-10H,11,23H2,1-2H3,(H,24,30)(H,25,26). The van der Waals surface area contributed by atoms with E-state index in [0.29, 0.717) is 33.1 Å². The summed E-state index contributed by atoms with van der Waals surface area (Å²) in [6, 6.07) is 14.7. The predicted octanol–water partition coefficient (Wildman–Crippen LogP) is 3.75. The highest BCUT2D eigenvalue weighted by Gasteiger charge is 2.17. The Balaban J connectivity index is 1.43. The van der Waals surface area contributed by atoms with Gasteiger partial charge in [-0.25, -0.2) is 4.68 Å². The minimum atomic E-state index is -0.213. The fourth-order valence-corrected chi connectivity index (χ4v) is 3.78. The lowest BCUT2D eigenvalue weighted by molar-refractivity contribution is -0.113. The van der Waals surface area contributed by atoms with E-state index in [4.69, 9.17) is 22.2 Å². The summed E-state index contributed by atoms with van der Waals surface area (Å²) in [6.07, 6.45) is 0. The van der Waals surface area contributed by atoms with Crippen LogP contribution in [-0.4, -0.2) is 43.8 Å². The molecule has 9 nitrogen and oxygen atoms in total. The topological polar surface area (TPSA) is 124 Å². The molecule has 2 aromatic carbocycles. The fourth-order valence-electron chi connectivity index (χ4n) is 3.00. The van der Waals surface area contributed by atoms with Crippen molar-refractivity contribution in [2.24, 2.45) is 0 Å². The molecule has 0 saturated carbocycles. The highest BCUT2D eigenvalue weighted by Crippen LogP contribution is 2.27. The molecule has 0 saturated heterocycles. The number of nitrogens with zero attached hydrogens (tertiary/aromatic N) is 4. The minimum Gasteiger partial charge on any atom is -0.495 e. The van der Waals surface area contributed by atoms with E-state index in [2.05, 4.69) is 25.7 Å². The van der Waals surface area contributed by atoms with Crippen LogP contribution in [0.2, 0.25) is 5.02 Å². The lowest BCUT2D eigenvalue weighted by Crippen LogP contribution is -2.17. The number of carbonyl (C=O) groups is 1. The molecule has 0 aliphatic carbocycles. The molecule has 0 radical (unpaired) electrons. The average molecular weight is 470 g/mol. The Morgan fingerprint density at radius 3 is 2.75 bits per heavy atom. The summed E-state index contributed by atoms with van der Waals surface area (Å²) >= 11 is 7.11. The maximum Gasteiger partial charge on any atom is 0.234 e. The molecule has 11 heteroatoms. The number of rotatable bonds is 7. The number of nitrogens with two attached hydrogens (primary N) is 1. The molecule has 0 unspecified atom stereocenters. The zero-order valence-electron chi connectivity index (χ0n) is 17.3. The van der Waals surface area contributed by atoms with Crippen LogP contribution in [-0.2, 0) is 4.79 Å². The van der Waals surface area contributed by atoms with Gasteiger partial charge in [0.2, 0.25) is 16.9 Å². The largest absolute Gasteiger partial charge is 0.495 e. The van der Waals surface area contributed by atoms with Crippen LogP contribution in [0.3, 0.4) is 0 Å². The number of nitrogen functional groups attached to an aromatic ring is 1. The van der Waals surface area contributed by atoms with Crippen LogP contribution in [0.5, 0.6) is 5.75 Å². The van der Waals surface area contributed by atoms with Crippen LogP contribution in [0.1, 0.15) is 5.56 Å². The molecular formula is C21H20ClN7O2S. The lowest BCUT2D eigenvalue weighted by atomic mass is 10.1. The van der Waals surface area contributed by atoms with Crippen LogP contribution in [0.4, 0.5) is 5.69 Å². The number of hydrogen-bond acceptors (Lipinski definition) is 7. The number of ether oxygens (including phenoxy) is 1. The first-order valence-corrected chi connectivity index (χ1v) is 10.9. The quantitative estimate of drug-likeness (QED) is 0.278. The Labute approximate surface area is 193 Å². The van der Waals surface area contributed by atoms with Crippen molar-refractivity contribution in [1.29, 1.82) is 0 Å². The average Bonchev–Trinajstić information content (AvgIpc) is 3.40. The summed E-state index contributed by atoms with van der Waals surface area (Å²) in [4.78, 5) is 12.4. The highest BCUT2D eigenvalue weighted by molar-refractivity contribution is 7.99. The summed E-state index contributed by atoms with van der Waals surface area (Å²) in [6.45, 7) is 1.94. The first-order chi connectivity index (χ1) is 15.4. The summed E-state index contributed by atoms with van der Waals surface area (Å²) < 4.78 is 6.61. The normalized spacial score (nSPS) is 10.8. The molecule has 0 aliphatic heterocycles. The number of carbonyl (C=O) groups excluding carboxylic acids is 1. The van der Waals surface area contributed by atoms with E-state index in [1.807, 2.05) is 43.3 Å². The second kappa shape index (κ2) is 9.33. The van der Waals surface area contributed by atoms with Crippen LogP contribution in [0.25, 0.3) is 22.8 Å². The van der Waals surface area contributed by atoms with Gasteiger partial charge in [-0.05, 0) is 42.8 Å². The zero-order valence-corrected chi connectivity index (χ0v) is 18.9. The zero-order chi connectivity index (χ0) is 22.7. The summed E-state index contributed by atoms with van der Waals surface area (Å²) in [7, 11) is 1.56. The van der Waals surface area contributed by atoms with Gasteiger partial charge in [-0.3, -0.25) is 9.89 Å². The first-order valence-electron chi connectivity index (χ1n) is 9.54. The second-order valence-corrected chi connectivity index (χ2v) is 8.27. The number of H-pyrrole nitrogens is 1. The van der Waals surface area contributed by atoms with E-state index >= 15 is 0 Å². The van der Waals surface area contributed by atoms with E-state index < -0.39 is 0 Å². The minimum absolute atomic E-state index is 0.103. The van der Waals surface area contributed by atoms with Crippen molar-refractivity contribution in [2.45, 2.75) is 12.1 Å². The molecule has 4 aromatic rings. The molecule has 0 fully saturated rings. The Bertz CT molecular complexity index is 1250. The molecule has 4 rings (SSSR count). The van der Waals surface area contributed by atoms with Gasteiger partial charge in [0.1, 0.15) is 11.4 Å². The number of halogens is 1. The number of methoxy groups -OCH3 is 1. The molecule has 0 aliphatic rings. The monoisotopic (exact) mass is 469 g/mol. The van der Waals surface area contributed by atoms with Crippen LogP contribution in [0, 0.1) is 6.92 Å². The van der Waals surface area contributed by atoms with Crippen molar-refractivity contribution in [3.05, 3.63) is 59.1 Å². The summed E-state index contributed by atoms with van der Waals surface area (Å²) in [5, 5.41) is 19.3. The Kier molecular flexibility index (Phi) is 6.33. The van der Waals surface area contributed by atoms with Gasteiger partial charge in [-0.2, -0.15) is 5.10 Å². The van der Waals surface area contributed by atoms with E-state index in [1.165, 1.54) is 16.4 Å². The van der Waals surface area contributed by atoms with Gasteiger partial charge in [0.05, 0.1) is 24.2 Å². The number of benzene rings is 2. The number of aromatic amines is 1. The van der Waals surface area contributed by atoms with Gasteiger partial charge >= 0.3 is 0 Å². The summed E-state index contributed by atoms with van der Waals surface area (Å²) in [5.74, 6) is 7.05. The molecule has 2 aromatic heterocycles. The number of aromatic nitrogens is 5. The van der Waals surface area contributed by atoms with Crippen molar-refractivity contribution in [1.82, 2.24) is 25.1 Å². The predicted molar refractivity (Wildman–Crippen MR) is 125 cm³/mol. The van der Waals surface area contributed by atoms with Gasteiger partial charge in [0, 0.05) is 10.6 Å². The van der Waals surface area contributed by atoms with Crippen molar-refractivity contribution < 1.29 is 9.53 Å². The smallest absolute Gasteiger partial charge is 0.234 e. The second-order valence-electron chi connectivity index (χ2n) is 6.89. The molecular weight excluding hydrogens is 450 g/mol. The number of nitrogens with one attached hydrogen (secondary N) is 2. The van der Waals surface area contributed by atoms with Crippen LogP contribution >= 0.6 is 23.4 Å². The van der Waals surface area contributed by atoms with E-state index in [9.17, 15) is 4.79 Å². The van der Waals surface area contributed by atoms with E-state index in [-0.39, 0.29) is 11.7 Å². The van der Waals surface area contributed by atoms with Crippen molar-refractivity contribution >= 4 is 35.0 Å². The molecule has 0 atom stereocenters. The van der Waals surface area contributed by atoms with Crippen molar-refractivity contribution in [3.8, 4) is 28.5 Å². The lowest BCUT2D eigenvalue weighted by Gasteiger charge is -2.10. The number of aryl methyl sites for hydroxylation is 1. The number of anilines is 1. The van der Waals surface area contributed by atoms with E-state index in [1.54, 1.807) is 19.2 Å². The number of hydrogen-bond donors (Lipinski definition) is 3. The first kappa shape index (κ1) is 21.7. The molecule has 0 bridgehead atoms. The highest BCUT2D eigenvalue weighted by atomic mass is 35.5. The third-order valence-corrected chi connectivity index (χ3v) is 5.78. The third-order valence-electron chi connectivity index (χ3n) is 4.58. The molecule has 2 heterocycles. The molecule has 0 spiro atoms. The van der Waals surface area contributed by atoms with Gasteiger partial charge < -0.3 is 15.9 Å². The molecule has 32 heavy (non-hydrogen) atoms. The van der Waals surface area contributed by atoms with Gasteiger partial charge in [-0.15, -0.1) is 10.2 Å². The molecule has 1 amide bonds. The van der Waals surface area contributed by atoms with Crippen LogP contribution < -0.4 is 15.9 Å². The van der Waals surface area contributed by atoms with Crippen LogP contribution in [0.15, 0.2) is 53.7 Å². The Morgan fingerprint density at radius 2 is 2.00 bits per heavy atom. The third kappa shape index (κ3) is 4.71.